The molecule has 1 aliphatic rings. The lowest BCUT2D eigenvalue weighted by atomic mass is 10.1. The van der Waals surface area contributed by atoms with Crippen LogP contribution in [0.3, 0.4) is 0 Å². The number of carbonyl (C=O) groups is 1. The summed E-state index contributed by atoms with van der Waals surface area (Å²) in [7, 11) is 0. The summed E-state index contributed by atoms with van der Waals surface area (Å²) in [6, 6.07) is 0.186. The number of rotatable bonds is 4. The van der Waals surface area contributed by atoms with Gasteiger partial charge in [-0.15, -0.1) is 0 Å². The lowest BCUT2D eigenvalue weighted by molar-refractivity contribution is -0.138. The van der Waals surface area contributed by atoms with Crippen LogP contribution in [0.25, 0.3) is 0 Å². The van der Waals surface area contributed by atoms with Crippen molar-refractivity contribution in [3.8, 4) is 0 Å². The van der Waals surface area contributed by atoms with E-state index in [0.717, 1.165) is 32.6 Å². The molecule has 0 aliphatic carbocycles. The van der Waals surface area contributed by atoms with Crippen molar-refractivity contribution >= 4 is 5.97 Å². The number of aliphatic carboxylic acids is 1. The average Bonchev–Trinajstić information content (AvgIpc) is 2.08. The summed E-state index contributed by atoms with van der Waals surface area (Å²) in [5.41, 5.74) is 0. The lowest BCUT2D eigenvalue weighted by Gasteiger charge is -2.35. The van der Waals surface area contributed by atoms with E-state index in [1.165, 1.54) is 0 Å². The normalized spacial score (nSPS) is 24.5. The molecule has 2 N–H and O–H groups in total. The number of nitrogens with zero attached hydrogens (tertiary/aromatic N) is 1. The minimum Gasteiger partial charge on any atom is -0.481 e. The fourth-order valence-electron chi connectivity index (χ4n) is 1.79. The molecular formula is C9H18N2O2. The Morgan fingerprint density at radius 3 is 3.08 bits per heavy atom. The van der Waals surface area contributed by atoms with Crippen molar-refractivity contribution in [1.82, 2.24) is 10.2 Å². The number of piperazine rings is 1. The molecule has 0 radical (unpaired) electrons. The summed E-state index contributed by atoms with van der Waals surface area (Å²) in [4.78, 5) is 12.8. The van der Waals surface area contributed by atoms with Crippen LogP contribution in [0, 0.1) is 0 Å². The zero-order valence-corrected chi connectivity index (χ0v) is 8.12. The Morgan fingerprint density at radius 1 is 1.69 bits per heavy atom. The van der Waals surface area contributed by atoms with Crippen LogP contribution in [0.2, 0.25) is 0 Å². The summed E-state index contributed by atoms with van der Waals surface area (Å²) in [5, 5.41) is 11.9. The highest BCUT2D eigenvalue weighted by Gasteiger charge is 2.23. The molecular weight excluding hydrogens is 168 g/mol. The van der Waals surface area contributed by atoms with Gasteiger partial charge < -0.3 is 10.4 Å². The Hall–Kier alpha value is -0.610. The van der Waals surface area contributed by atoms with E-state index in [1.54, 1.807) is 0 Å². The molecule has 1 aliphatic heterocycles. The van der Waals surface area contributed by atoms with Crippen LogP contribution < -0.4 is 5.32 Å². The monoisotopic (exact) mass is 186 g/mol. The van der Waals surface area contributed by atoms with Gasteiger partial charge in [0, 0.05) is 25.7 Å². The van der Waals surface area contributed by atoms with Crippen LogP contribution in [0.15, 0.2) is 0 Å². The van der Waals surface area contributed by atoms with Gasteiger partial charge in [0.25, 0.3) is 0 Å². The van der Waals surface area contributed by atoms with Gasteiger partial charge in [0.1, 0.15) is 0 Å². The molecule has 13 heavy (non-hydrogen) atoms. The van der Waals surface area contributed by atoms with Crippen LogP contribution in [0.5, 0.6) is 0 Å². The maximum Gasteiger partial charge on any atom is 0.304 e. The molecule has 1 saturated heterocycles. The second-order valence-corrected chi connectivity index (χ2v) is 3.49. The van der Waals surface area contributed by atoms with Crippen LogP contribution in [-0.2, 0) is 4.79 Å². The highest BCUT2D eigenvalue weighted by Crippen LogP contribution is 2.07. The second kappa shape index (κ2) is 5.19. The van der Waals surface area contributed by atoms with Gasteiger partial charge in [-0.1, -0.05) is 6.92 Å². The maximum absolute atomic E-state index is 10.6. The Bertz CT molecular complexity index is 171. The smallest absolute Gasteiger partial charge is 0.304 e. The average molecular weight is 186 g/mol. The predicted octanol–water partition coefficient (Wildman–Crippen LogP) is 0.145. The van der Waals surface area contributed by atoms with Crippen LogP contribution in [-0.4, -0.2) is 48.2 Å². The van der Waals surface area contributed by atoms with Gasteiger partial charge in [0.15, 0.2) is 0 Å². The molecule has 0 bridgehead atoms. The summed E-state index contributed by atoms with van der Waals surface area (Å²) >= 11 is 0. The molecule has 4 nitrogen and oxygen atoms in total. The molecule has 1 unspecified atom stereocenters. The van der Waals surface area contributed by atoms with E-state index >= 15 is 0 Å². The minimum atomic E-state index is -0.699. The van der Waals surface area contributed by atoms with Gasteiger partial charge in [-0.05, 0) is 13.0 Å². The lowest BCUT2D eigenvalue weighted by Crippen LogP contribution is -2.52. The SMILES string of the molecule is CCCN1CCNCC1CC(=O)O. The molecule has 76 valence electrons. The largest absolute Gasteiger partial charge is 0.481 e. The Labute approximate surface area is 78.9 Å². The number of carboxylic acids is 1. The fraction of sp³-hybridized carbons (Fsp3) is 0.889. The Balaban J connectivity index is 2.41. The molecule has 1 fully saturated rings. The topological polar surface area (TPSA) is 52.6 Å². The van der Waals surface area contributed by atoms with Gasteiger partial charge in [-0.2, -0.15) is 0 Å². The van der Waals surface area contributed by atoms with E-state index in [-0.39, 0.29) is 12.5 Å². The number of nitrogens with one attached hydrogen (secondary N) is 1. The van der Waals surface area contributed by atoms with E-state index in [2.05, 4.69) is 17.1 Å². The molecule has 4 heteroatoms. The molecule has 1 rings (SSSR count). The number of carboxylic acid groups (broad SMARTS) is 1. The van der Waals surface area contributed by atoms with Crippen molar-refractivity contribution in [3.63, 3.8) is 0 Å². The minimum absolute atomic E-state index is 0.186. The molecule has 0 spiro atoms. The summed E-state index contributed by atoms with van der Waals surface area (Å²) < 4.78 is 0. The first-order valence-electron chi connectivity index (χ1n) is 4.90. The zero-order valence-electron chi connectivity index (χ0n) is 8.12. The molecule has 0 saturated carbocycles. The summed E-state index contributed by atoms with van der Waals surface area (Å²) in [5.74, 6) is -0.699. The maximum atomic E-state index is 10.6. The van der Waals surface area contributed by atoms with Crippen molar-refractivity contribution in [3.05, 3.63) is 0 Å². The zero-order chi connectivity index (χ0) is 9.68. The Morgan fingerprint density at radius 2 is 2.46 bits per heavy atom. The van der Waals surface area contributed by atoms with Crippen molar-refractivity contribution in [2.75, 3.05) is 26.2 Å². The van der Waals surface area contributed by atoms with Crippen LogP contribution in [0.4, 0.5) is 0 Å². The third-order valence-corrected chi connectivity index (χ3v) is 2.39. The third kappa shape index (κ3) is 3.32. The van der Waals surface area contributed by atoms with Gasteiger partial charge in [-0.3, -0.25) is 9.69 Å². The molecule has 1 heterocycles. The van der Waals surface area contributed by atoms with E-state index in [0.29, 0.717) is 0 Å². The van der Waals surface area contributed by atoms with Crippen LogP contribution >= 0.6 is 0 Å². The standard InChI is InChI=1S/C9H18N2O2/c1-2-4-11-5-3-10-7-8(11)6-9(12)13/h8,10H,2-7H2,1H3,(H,12,13). The van der Waals surface area contributed by atoms with E-state index in [4.69, 9.17) is 5.11 Å². The summed E-state index contributed by atoms with van der Waals surface area (Å²) in [6.45, 7) is 5.91. The van der Waals surface area contributed by atoms with Gasteiger partial charge >= 0.3 is 5.97 Å². The highest BCUT2D eigenvalue weighted by molar-refractivity contribution is 5.67. The third-order valence-electron chi connectivity index (χ3n) is 2.39. The predicted molar refractivity (Wildman–Crippen MR) is 50.8 cm³/mol. The first-order valence-corrected chi connectivity index (χ1v) is 4.90. The molecule has 0 aromatic rings. The van der Waals surface area contributed by atoms with E-state index in [9.17, 15) is 4.79 Å². The number of hydrogen-bond acceptors (Lipinski definition) is 3. The number of hydrogen-bond donors (Lipinski definition) is 2. The van der Waals surface area contributed by atoms with Gasteiger partial charge in [-0.25, -0.2) is 0 Å². The molecule has 1 atom stereocenters. The van der Waals surface area contributed by atoms with Crippen molar-refractivity contribution in [2.24, 2.45) is 0 Å². The first kappa shape index (κ1) is 10.5. The van der Waals surface area contributed by atoms with Crippen molar-refractivity contribution < 1.29 is 9.90 Å². The first-order chi connectivity index (χ1) is 6.24. The quantitative estimate of drug-likeness (QED) is 0.656. The van der Waals surface area contributed by atoms with E-state index in [1.807, 2.05) is 0 Å². The van der Waals surface area contributed by atoms with Crippen molar-refractivity contribution in [1.29, 1.82) is 0 Å². The molecule has 0 aromatic heterocycles. The van der Waals surface area contributed by atoms with Gasteiger partial charge in [0.05, 0.1) is 6.42 Å². The van der Waals surface area contributed by atoms with Crippen molar-refractivity contribution in [2.45, 2.75) is 25.8 Å². The Kier molecular flexibility index (Phi) is 4.18. The second-order valence-electron chi connectivity index (χ2n) is 3.49. The summed E-state index contributed by atoms with van der Waals surface area (Å²) in [6.07, 6.45) is 1.35. The highest BCUT2D eigenvalue weighted by atomic mass is 16.4. The fourth-order valence-corrected chi connectivity index (χ4v) is 1.79. The van der Waals surface area contributed by atoms with E-state index < -0.39 is 5.97 Å². The molecule has 0 amide bonds. The van der Waals surface area contributed by atoms with Gasteiger partial charge in [0.2, 0.25) is 0 Å². The molecule has 0 aromatic carbocycles. The van der Waals surface area contributed by atoms with Crippen LogP contribution in [0.1, 0.15) is 19.8 Å².